The summed E-state index contributed by atoms with van der Waals surface area (Å²) in [6, 6.07) is 8.13. The third-order valence-corrected chi connectivity index (χ3v) is 3.79. The Morgan fingerprint density at radius 3 is 2.55 bits per heavy atom. The third kappa shape index (κ3) is 5.14. The molecule has 0 fully saturated rings. The Morgan fingerprint density at radius 2 is 1.95 bits per heavy atom. The quantitative estimate of drug-likeness (QED) is 0.779. The molecule has 0 aliphatic rings. The van der Waals surface area contributed by atoms with E-state index >= 15 is 0 Å². The molecule has 0 saturated carbocycles. The molecular formula is C16H25ClN2O. The van der Waals surface area contributed by atoms with Gasteiger partial charge in [-0.1, -0.05) is 43.6 Å². The fourth-order valence-corrected chi connectivity index (χ4v) is 2.34. The van der Waals surface area contributed by atoms with Gasteiger partial charge in [-0.25, -0.2) is 0 Å². The average molecular weight is 297 g/mol. The number of hydrogen-bond acceptors (Lipinski definition) is 2. The monoisotopic (exact) mass is 296 g/mol. The second-order valence-electron chi connectivity index (χ2n) is 5.41. The lowest BCUT2D eigenvalue weighted by Crippen LogP contribution is -2.31. The van der Waals surface area contributed by atoms with Gasteiger partial charge in [-0.05, 0) is 31.5 Å². The minimum absolute atomic E-state index is 0.00532. The standard InChI is InChI=1S/C16H25ClN2O/c1-12(2)18-11-7-10-16(20)19(4)13(3)14-8-5-6-9-15(14)17/h5-6,8-9,12-13,18H,7,10-11H2,1-4H3. The topological polar surface area (TPSA) is 32.3 Å². The van der Waals surface area contributed by atoms with E-state index in [1.165, 1.54) is 0 Å². The van der Waals surface area contributed by atoms with E-state index in [1.54, 1.807) is 4.90 Å². The number of nitrogens with zero attached hydrogens (tertiary/aromatic N) is 1. The van der Waals surface area contributed by atoms with Crippen molar-refractivity contribution in [2.45, 2.75) is 45.7 Å². The van der Waals surface area contributed by atoms with Crippen LogP contribution in [-0.2, 0) is 4.79 Å². The molecular weight excluding hydrogens is 272 g/mol. The van der Waals surface area contributed by atoms with Crippen LogP contribution in [0.2, 0.25) is 5.02 Å². The first-order valence-corrected chi connectivity index (χ1v) is 7.54. The highest BCUT2D eigenvalue weighted by Crippen LogP contribution is 2.26. The van der Waals surface area contributed by atoms with Crippen molar-refractivity contribution in [3.05, 3.63) is 34.9 Å². The number of rotatable bonds is 7. The van der Waals surface area contributed by atoms with E-state index in [9.17, 15) is 4.79 Å². The Kier molecular flexibility index (Phi) is 7.03. The second kappa shape index (κ2) is 8.28. The molecule has 0 saturated heterocycles. The summed E-state index contributed by atoms with van der Waals surface area (Å²) in [5.41, 5.74) is 0.991. The summed E-state index contributed by atoms with van der Waals surface area (Å²) in [7, 11) is 1.84. The summed E-state index contributed by atoms with van der Waals surface area (Å²) in [6.07, 6.45) is 1.42. The smallest absolute Gasteiger partial charge is 0.222 e. The van der Waals surface area contributed by atoms with Crippen LogP contribution in [0.15, 0.2) is 24.3 Å². The summed E-state index contributed by atoms with van der Waals surface area (Å²) in [5, 5.41) is 4.03. The normalized spacial score (nSPS) is 12.5. The first kappa shape index (κ1) is 17.0. The first-order chi connectivity index (χ1) is 9.43. The van der Waals surface area contributed by atoms with Crippen LogP contribution < -0.4 is 5.32 Å². The summed E-state index contributed by atoms with van der Waals surface area (Å²) in [6.45, 7) is 7.09. The van der Waals surface area contributed by atoms with Crippen molar-refractivity contribution in [1.82, 2.24) is 10.2 Å². The van der Waals surface area contributed by atoms with Gasteiger partial charge in [-0.15, -0.1) is 0 Å². The second-order valence-corrected chi connectivity index (χ2v) is 5.82. The Hall–Kier alpha value is -1.06. The van der Waals surface area contributed by atoms with Crippen LogP contribution in [0.4, 0.5) is 0 Å². The van der Waals surface area contributed by atoms with Crippen molar-refractivity contribution < 1.29 is 4.79 Å². The number of nitrogens with one attached hydrogen (secondary N) is 1. The summed E-state index contributed by atoms with van der Waals surface area (Å²) >= 11 is 6.18. The molecule has 1 unspecified atom stereocenters. The van der Waals surface area contributed by atoms with E-state index in [4.69, 9.17) is 11.6 Å². The summed E-state index contributed by atoms with van der Waals surface area (Å²) < 4.78 is 0. The Labute approximate surface area is 127 Å². The average Bonchev–Trinajstić information content (AvgIpc) is 2.42. The number of benzene rings is 1. The van der Waals surface area contributed by atoms with Gasteiger partial charge < -0.3 is 10.2 Å². The highest BCUT2D eigenvalue weighted by molar-refractivity contribution is 6.31. The molecule has 0 aromatic heterocycles. The van der Waals surface area contributed by atoms with Crippen molar-refractivity contribution in [3.8, 4) is 0 Å². The van der Waals surface area contributed by atoms with E-state index in [2.05, 4.69) is 19.2 Å². The number of carbonyl (C=O) groups excluding carboxylic acids is 1. The van der Waals surface area contributed by atoms with Gasteiger partial charge in [0.15, 0.2) is 0 Å². The van der Waals surface area contributed by atoms with Gasteiger partial charge in [-0.2, -0.15) is 0 Å². The minimum Gasteiger partial charge on any atom is -0.339 e. The highest BCUT2D eigenvalue weighted by Gasteiger charge is 2.18. The molecule has 0 aliphatic heterocycles. The van der Waals surface area contributed by atoms with Gasteiger partial charge >= 0.3 is 0 Å². The van der Waals surface area contributed by atoms with Gasteiger partial charge in [0.05, 0.1) is 6.04 Å². The molecule has 0 bridgehead atoms. The van der Waals surface area contributed by atoms with E-state index < -0.39 is 0 Å². The highest BCUT2D eigenvalue weighted by atomic mass is 35.5. The molecule has 3 nitrogen and oxygen atoms in total. The molecule has 1 amide bonds. The van der Waals surface area contributed by atoms with Crippen LogP contribution in [0.25, 0.3) is 0 Å². The van der Waals surface area contributed by atoms with Crippen LogP contribution >= 0.6 is 11.6 Å². The maximum absolute atomic E-state index is 12.2. The van der Waals surface area contributed by atoms with Crippen molar-refractivity contribution in [2.75, 3.05) is 13.6 Å². The van der Waals surface area contributed by atoms with Crippen LogP contribution in [0, 0.1) is 0 Å². The van der Waals surface area contributed by atoms with Gasteiger partial charge in [0.2, 0.25) is 5.91 Å². The van der Waals surface area contributed by atoms with Crippen molar-refractivity contribution in [2.24, 2.45) is 0 Å². The van der Waals surface area contributed by atoms with E-state index in [-0.39, 0.29) is 11.9 Å². The first-order valence-electron chi connectivity index (χ1n) is 7.17. The predicted molar refractivity (Wildman–Crippen MR) is 85.0 cm³/mol. The summed E-state index contributed by atoms with van der Waals surface area (Å²) in [4.78, 5) is 13.9. The van der Waals surface area contributed by atoms with E-state index in [1.807, 2.05) is 38.2 Å². The number of amides is 1. The molecule has 112 valence electrons. The molecule has 1 atom stereocenters. The molecule has 20 heavy (non-hydrogen) atoms. The van der Waals surface area contributed by atoms with Crippen LogP contribution in [-0.4, -0.2) is 30.4 Å². The Morgan fingerprint density at radius 1 is 1.30 bits per heavy atom. The van der Waals surface area contributed by atoms with Crippen molar-refractivity contribution in [1.29, 1.82) is 0 Å². The Bertz CT molecular complexity index is 434. The molecule has 0 radical (unpaired) electrons. The lowest BCUT2D eigenvalue weighted by atomic mass is 10.1. The predicted octanol–water partition coefficient (Wildman–Crippen LogP) is 3.64. The molecule has 1 aromatic carbocycles. The maximum Gasteiger partial charge on any atom is 0.222 e. The zero-order valence-electron chi connectivity index (χ0n) is 12.8. The van der Waals surface area contributed by atoms with Crippen LogP contribution in [0.1, 0.15) is 45.2 Å². The number of halogens is 1. The summed E-state index contributed by atoms with van der Waals surface area (Å²) in [5.74, 6) is 0.156. The molecule has 1 N–H and O–H groups in total. The van der Waals surface area contributed by atoms with Crippen LogP contribution in [0.3, 0.4) is 0 Å². The largest absolute Gasteiger partial charge is 0.339 e. The molecule has 0 heterocycles. The van der Waals surface area contributed by atoms with Crippen LogP contribution in [0.5, 0.6) is 0 Å². The molecule has 1 aromatic rings. The third-order valence-electron chi connectivity index (χ3n) is 3.45. The molecule has 1 rings (SSSR count). The van der Waals surface area contributed by atoms with Gasteiger partial charge in [0.1, 0.15) is 0 Å². The molecule has 0 spiro atoms. The number of carbonyl (C=O) groups is 1. The number of hydrogen-bond donors (Lipinski definition) is 1. The van der Waals surface area contributed by atoms with Crippen molar-refractivity contribution in [3.63, 3.8) is 0 Å². The fraction of sp³-hybridized carbons (Fsp3) is 0.562. The van der Waals surface area contributed by atoms with Gasteiger partial charge in [0.25, 0.3) is 0 Å². The lowest BCUT2D eigenvalue weighted by molar-refractivity contribution is -0.131. The van der Waals surface area contributed by atoms with Gasteiger partial charge in [-0.3, -0.25) is 4.79 Å². The van der Waals surface area contributed by atoms with Crippen molar-refractivity contribution >= 4 is 17.5 Å². The van der Waals surface area contributed by atoms with Gasteiger partial charge in [0, 0.05) is 24.5 Å². The lowest BCUT2D eigenvalue weighted by Gasteiger charge is -2.26. The van der Waals surface area contributed by atoms with E-state index in [0.717, 1.165) is 18.5 Å². The maximum atomic E-state index is 12.2. The molecule has 0 aliphatic carbocycles. The minimum atomic E-state index is -0.00532. The zero-order chi connectivity index (χ0) is 15.1. The fourth-order valence-electron chi connectivity index (χ4n) is 2.05. The SMILES string of the molecule is CC(C)NCCCC(=O)N(C)C(C)c1ccccc1Cl. The Balaban J connectivity index is 2.50. The zero-order valence-corrected chi connectivity index (χ0v) is 13.6. The molecule has 4 heteroatoms. The van der Waals surface area contributed by atoms with E-state index in [0.29, 0.717) is 17.5 Å².